The third kappa shape index (κ3) is 4.03. The standard InChI is InChI=1S/C21H23NO4/c22-21(13-23,14-24)12-19(25)17-7-3-15(4-8-17)16-5-9-18(10-6-16)20-2-1-11-26-20/h1-11,19,23-25H,12-14,22H2. The summed E-state index contributed by atoms with van der Waals surface area (Å²) >= 11 is 0. The van der Waals surface area contributed by atoms with Crippen LogP contribution >= 0.6 is 0 Å². The summed E-state index contributed by atoms with van der Waals surface area (Å²) in [4.78, 5) is 0. The van der Waals surface area contributed by atoms with Gasteiger partial charge in [0.25, 0.3) is 0 Å². The minimum atomic E-state index is -1.19. The average Bonchev–Trinajstić information content (AvgIpc) is 3.23. The van der Waals surface area contributed by atoms with Crippen LogP contribution < -0.4 is 5.73 Å². The maximum atomic E-state index is 10.3. The molecule has 0 amide bonds. The van der Waals surface area contributed by atoms with Crippen molar-refractivity contribution in [3.8, 4) is 22.5 Å². The number of furan rings is 1. The van der Waals surface area contributed by atoms with Gasteiger partial charge in [0.05, 0.1) is 31.1 Å². The van der Waals surface area contributed by atoms with Crippen molar-refractivity contribution in [1.82, 2.24) is 0 Å². The van der Waals surface area contributed by atoms with Gasteiger partial charge in [-0.3, -0.25) is 0 Å². The van der Waals surface area contributed by atoms with E-state index in [-0.39, 0.29) is 19.6 Å². The largest absolute Gasteiger partial charge is 0.464 e. The summed E-state index contributed by atoms with van der Waals surface area (Å²) in [7, 11) is 0. The van der Waals surface area contributed by atoms with E-state index in [1.54, 1.807) is 6.26 Å². The molecule has 136 valence electrons. The molecule has 0 aliphatic carbocycles. The SMILES string of the molecule is NC(CO)(CO)CC(O)c1ccc(-c2ccc(-c3ccco3)cc2)cc1. The molecule has 1 unspecified atom stereocenters. The summed E-state index contributed by atoms with van der Waals surface area (Å²) in [5.41, 5.74) is 8.43. The zero-order chi connectivity index (χ0) is 18.6. The third-order valence-corrected chi connectivity index (χ3v) is 4.55. The molecule has 1 aromatic heterocycles. The van der Waals surface area contributed by atoms with Crippen LogP contribution in [0, 0.1) is 0 Å². The van der Waals surface area contributed by atoms with E-state index in [9.17, 15) is 15.3 Å². The molecular formula is C21H23NO4. The first-order valence-corrected chi connectivity index (χ1v) is 8.47. The van der Waals surface area contributed by atoms with Gasteiger partial charge in [0.15, 0.2) is 0 Å². The molecular weight excluding hydrogens is 330 g/mol. The molecule has 0 aliphatic rings. The van der Waals surface area contributed by atoms with Crippen molar-refractivity contribution >= 4 is 0 Å². The highest BCUT2D eigenvalue weighted by Gasteiger charge is 2.27. The summed E-state index contributed by atoms with van der Waals surface area (Å²) in [5, 5.41) is 28.8. The molecule has 0 fully saturated rings. The van der Waals surface area contributed by atoms with Crippen LogP contribution in [0.3, 0.4) is 0 Å². The highest BCUT2D eigenvalue weighted by Crippen LogP contribution is 2.28. The van der Waals surface area contributed by atoms with Crippen molar-refractivity contribution in [2.45, 2.75) is 18.1 Å². The summed E-state index contributed by atoms with van der Waals surface area (Å²) in [6, 6.07) is 19.3. The van der Waals surface area contributed by atoms with E-state index in [0.717, 1.165) is 22.5 Å². The maximum Gasteiger partial charge on any atom is 0.133 e. The average molecular weight is 353 g/mol. The van der Waals surface area contributed by atoms with Crippen LogP contribution in [0.2, 0.25) is 0 Å². The van der Waals surface area contributed by atoms with Gasteiger partial charge >= 0.3 is 0 Å². The normalized spacial score (nSPS) is 12.9. The van der Waals surface area contributed by atoms with Crippen LogP contribution in [-0.4, -0.2) is 34.1 Å². The quantitative estimate of drug-likeness (QED) is 0.523. The van der Waals surface area contributed by atoms with Crippen LogP contribution in [0.1, 0.15) is 18.1 Å². The Bertz CT molecular complexity index is 806. The molecule has 5 nitrogen and oxygen atoms in total. The minimum absolute atomic E-state index is 0.0805. The van der Waals surface area contributed by atoms with Gasteiger partial charge in [0.1, 0.15) is 5.76 Å². The molecule has 3 aromatic rings. The van der Waals surface area contributed by atoms with Crippen molar-refractivity contribution in [2.75, 3.05) is 13.2 Å². The van der Waals surface area contributed by atoms with E-state index in [4.69, 9.17) is 10.2 Å². The van der Waals surface area contributed by atoms with Gasteiger partial charge in [0.2, 0.25) is 0 Å². The number of hydrogen-bond donors (Lipinski definition) is 4. The Morgan fingerprint density at radius 1 is 0.846 bits per heavy atom. The summed E-state index contributed by atoms with van der Waals surface area (Å²) in [6.07, 6.45) is 0.878. The lowest BCUT2D eigenvalue weighted by molar-refractivity contribution is 0.0618. The molecule has 3 rings (SSSR count). The second kappa shape index (κ2) is 7.85. The van der Waals surface area contributed by atoms with Crippen LogP contribution in [-0.2, 0) is 0 Å². The molecule has 0 saturated carbocycles. The first-order chi connectivity index (χ1) is 12.5. The minimum Gasteiger partial charge on any atom is -0.464 e. The fourth-order valence-electron chi connectivity index (χ4n) is 2.85. The molecule has 5 heteroatoms. The predicted octanol–water partition coefficient (Wildman–Crippen LogP) is 2.72. The number of rotatable bonds is 7. The van der Waals surface area contributed by atoms with E-state index < -0.39 is 11.6 Å². The third-order valence-electron chi connectivity index (χ3n) is 4.55. The zero-order valence-electron chi connectivity index (χ0n) is 14.4. The van der Waals surface area contributed by atoms with Crippen LogP contribution in [0.5, 0.6) is 0 Å². The molecule has 0 spiro atoms. The monoisotopic (exact) mass is 353 g/mol. The molecule has 0 radical (unpaired) electrons. The Balaban J connectivity index is 1.73. The number of aliphatic hydroxyl groups is 3. The van der Waals surface area contributed by atoms with Crippen molar-refractivity contribution in [2.24, 2.45) is 5.73 Å². The molecule has 0 saturated heterocycles. The van der Waals surface area contributed by atoms with E-state index in [2.05, 4.69) is 0 Å². The summed E-state index contributed by atoms with van der Waals surface area (Å²) in [6.45, 7) is -0.776. The number of aliphatic hydroxyl groups excluding tert-OH is 3. The second-order valence-electron chi connectivity index (χ2n) is 6.58. The van der Waals surface area contributed by atoms with Crippen molar-refractivity contribution in [3.05, 3.63) is 72.5 Å². The highest BCUT2D eigenvalue weighted by molar-refractivity contribution is 5.68. The highest BCUT2D eigenvalue weighted by atomic mass is 16.3. The Hall–Kier alpha value is -2.44. The Kier molecular flexibility index (Phi) is 5.54. The molecule has 5 N–H and O–H groups in total. The molecule has 0 aliphatic heterocycles. The Morgan fingerprint density at radius 2 is 1.38 bits per heavy atom. The molecule has 0 bridgehead atoms. The zero-order valence-corrected chi connectivity index (χ0v) is 14.4. The second-order valence-corrected chi connectivity index (χ2v) is 6.58. The number of benzene rings is 2. The van der Waals surface area contributed by atoms with E-state index in [0.29, 0.717) is 5.56 Å². The predicted molar refractivity (Wildman–Crippen MR) is 100 cm³/mol. The van der Waals surface area contributed by atoms with E-state index in [1.807, 2.05) is 60.7 Å². The van der Waals surface area contributed by atoms with Gasteiger partial charge in [0, 0.05) is 5.56 Å². The smallest absolute Gasteiger partial charge is 0.133 e. The van der Waals surface area contributed by atoms with Gasteiger partial charge in [-0.2, -0.15) is 0 Å². The molecule has 26 heavy (non-hydrogen) atoms. The molecule has 2 aromatic carbocycles. The van der Waals surface area contributed by atoms with Crippen molar-refractivity contribution in [3.63, 3.8) is 0 Å². The fourth-order valence-corrected chi connectivity index (χ4v) is 2.85. The lowest BCUT2D eigenvalue weighted by Gasteiger charge is -2.27. The molecule has 1 atom stereocenters. The van der Waals surface area contributed by atoms with Gasteiger partial charge < -0.3 is 25.5 Å². The molecule has 1 heterocycles. The summed E-state index contributed by atoms with van der Waals surface area (Å²) < 4.78 is 5.39. The van der Waals surface area contributed by atoms with Crippen molar-refractivity contribution < 1.29 is 19.7 Å². The lowest BCUT2D eigenvalue weighted by atomic mass is 9.91. The number of nitrogens with two attached hydrogens (primary N) is 1. The van der Waals surface area contributed by atoms with E-state index >= 15 is 0 Å². The Labute approximate surface area is 152 Å². The van der Waals surface area contributed by atoms with Crippen LogP contribution in [0.15, 0.2) is 71.3 Å². The topological polar surface area (TPSA) is 99.9 Å². The van der Waals surface area contributed by atoms with Crippen LogP contribution in [0.4, 0.5) is 0 Å². The van der Waals surface area contributed by atoms with Gasteiger partial charge in [-0.1, -0.05) is 48.5 Å². The maximum absolute atomic E-state index is 10.3. The van der Waals surface area contributed by atoms with E-state index in [1.165, 1.54) is 0 Å². The Morgan fingerprint density at radius 3 is 1.88 bits per heavy atom. The lowest BCUT2D eigenvalue weighted by Crippen LogP contribution is -2.48. The van der Waals surface area contributed by atoms with Gasteiger partial charge in [-0.25, -0.2) is 0 Å². The number of hydrogen-bond acceptors (Lipinski definition) is 5. The van der Waals surface area contributed by atoms with Gasteiger partial charge in [-0.15, -0.1) is 0 Å². The first kappa shape index (κ1) is 18.4. The summed E-state index contributed by atoms with van der Waals surface area (Å²) in [5.74, 6) is 0.827. The van der Waals surface area contributed by atoms with Crippen LogP contribution in [0.25, 0.3) is 22.5 Å². The van der Waals surface area contributed by atoms with Crippen molar-refractivity contribution in [1.29, 1.82) is 0 Å². The fraction of sp³-hybridized carbons (Fsp3) is 0.238. The first-order valence-electron chi connectivity index (χ1n) is 8.47. The van der Waals surface area contributed by atoms with Gasteiger partial charge in [-0.05, 0) is 35.2 Å².